The number of benzene rings is 6. The summed E-state index contributed by atoms with van der Waals surface area (Å²) in [4.78, 5) is 0. The number of hydrogen-bond donors (Lipinski definition) is 0. The maximum atomic E-state index is 6.78. The van der Waals surface area contributed by atoms with Gasteiger partial charge in [-0.15, -0.1) is 26.3 Å². The molecule has 0 bridgehead atoms. The number of allylic oxidation sites excluding steroid dienone is 4. The Bertz CT molecular complexity index is 2790. The number of alkyl halides is 2. The third-order valence-electron chi connectivity index (χ3n) is 17.2. The zero-order valence-corrected chi connectivity index (χ0v) is 60.5. The van der Waals surface area contributed by atoms with Crippen molar-refractivity contribution < 1.29 is 33.2 Å². The van der Waals surface area contributed by atoms with Crippen molar-refractivity contribution in [2.45, 2.75) is 236 Å². The van der Waals surface area contributed by atoms with Crippen LogP contribution in [0.25, 0.3) is 22.3 Å². The lowest BCUT2D eigenvalue weighted by Crippen LogP contribution is -2.04. The van der Waals surface area contributed by atoms with Crippen molar-refractivity contribution in [3.63, 3.8) is 0 Å². The molecule has 0 amide bonds. The van der Waals surface area contributed by atoms with Crippen LogP contribution >= 0.6 is 31.9 Å². The Hall–Kier alpha value is -6.16. The van der Waals surface area contributed by atoms with Crippen molar-refractivity contribution in [2.24, 2.45) is 0 Å². The summed E-state index contributed by atoms with van der Waals surface area (Å²) < 4.78 is 46.1. The fourth-order valence-corrected chi connectivity index (χ4v) is 12.8. The van der Waals surface area contributed by atoms with Gasteiger partial charge in [0.05, 0.1) is 26.4 Å². The molecule has 94 heavy (non-hydrogen) atoms. The number of halogens is 2. The van der Waals surface area contributed by atoms with Gasteiger partial charge in [-0.25, -0.2) is 0 Å². The summed E-state index contributed by atoms with van der Waals surface area (Å²) in [5.41, 5.74) is 10.1. The standard InChI is InChI=1S/C85H114Br2O7/c1-5-9-13-17-21-25-29-33-40-52-88-78-56-70(57-79(62-78)89-53-41-34-30-26-22-18-14-10-6-2)68-93-82-60-72(67-92-77-50-48-74(49-51-77)85-76(66-87)47-46-75(65-86)84(85)73-44-38-37-39-45-73)61-83(64-82)94-69-71-58-80(90-54-42-35-31-27-23-19-15-11-7-3)63-81(59-71)91-55-43-36-32-28-24-20-16-12-8-4/h5-8,37-39,44-51,56-64H,1-4,9-36,40-43,52-55,65-69H2. The number of rotatable bonds is 57. The van der Waals surface area contributed by atoms with Crippen LogP contribution in [-0.4, -0.2) is 26.4 Å². The Morgan fingerprint density at radius 1 is 0.255 bits per heavy atom. The first-order chi connectivity index (χ1) is 46.4. The zero-order valence-electron chi connectivity index (χ0n) is 57.3. The zero-order chi connectivity index (χ0) is 66.1. The lowest BCUT2D eigenvalue weighted by Gasteiger charge is -2.19. The molecule has 6 aromatic carbocycles. The van der Waals surface area contributed by atoms with Gasteiger partial charge in [0.1, 0.15) is 60.1 Å². The van der Waals surface area contributed by atoms with Crippen molar-refractivity contribution >= 4 is 31.9 Å². The highest BCUT2D eigenvalue weighted by Gasteiger charge is 2.18. The molecule has 0 saturated heterocycles. The summed E-state index contributed by atoms with van der Waals surface area (Å²) in [6.45, 7) is 19.0. The fourth-order valence-electron chi connectivity index (χ4n) is 11.9. The predicted octanol–water partition coefficient (Wildman–Crippen LogP) is 26.3. The summed E-state index contributed by atoms with van der Waals surface area (Å²) in [7, 11) is 0. The van der Waals surface area contributed by atoms with E-state index in [0.29, 0.717) is 57.7 Å². The molecule has 0 aliphatic carbocycles. The topological polar surface area (TPSA) is 64.6 Å². The molecule has 0 aromatic heterocycles. The molecule has 6 aromatic rings. The first kappa shape index (κ1) is 76.9. The molecule has 0 unspecified atom stereocenters. The minimum Gasteiger partial charge on any atom is -0.493 e. The van der Waals surface area contributed by atoms with Gasteiger partial charge in [0.15, 0.2) is 0 Å². The summed E-state index contributed by atoms with van der Waals surface area (Å²) in [6.07, 6.45) is 46.3. The Labute approximate surface area is 585 Å². The molecule has 0 aliphatic rings. The molecule has 0 aliphatic heterocycles. The smallest absolute Gasteiger partial charge is 0.123 e. The highest BCUT2D eigenvalue weighted by Crippen LogP contribution is 2.40. The van der Waals surface area contributed by atoms with Gasteiger partial charge in [-0.05, 0) is 176 Å². The molecule has 7 nitrogen and oxygen atoms in total. The van der Waals surface area contributed by atoms with Gasteiger partial charge < -0.3 is 33.2 Å². The Morgan fingerprint density at radius 3 is 0.798 bits per heavy atom. The molecule has 0 heterocycles. The molecule has 0 saturated carbocycles. The highest BCUT2D eigenvalue weighted by atomic mass is 79.9. The lowest BCUT2D eigenvalue weighted by atomic mass is 9.88. The second kappa shape index (κ2) is 49.4. The second-order valence-electron chi connectivity index (χ2n) is 25.2. The van der Waals surface area contributed by atoms with E-state index in [4.69, 9.17) is 33.2 Å². The monoisotopic (exact) mass is 1400 g/mol. The Kier molecular flexibility index (Phi) is 40.4. The van der Waals surface area contributed by atoms with E-state index in [1.165, 1.54) is 156 Å². The van der Waals surface area contributed by atoms with Gasteiger partial charge in [0, 0.05) is 28.9 Å². The number of ether oxygens (including phenoxy) is 7. The first-order valence-electron chi connectivity index (χ1n) is 36.1. The molecule has 0 atom stereocenters. The average molecular weight is 1410 g/mol. The van der Waals surface area contributed by atoms with Crippen LogP contribution in [0.4, 0.5) is 0 Å². The van der Waals surface area contributed by atoms with Crippen molar-refractivity contribution in [3.8, 4) is 62.5 Å². The van der Waals surface area contributed by atoms with Crippen LogP contribution in [-0.2, 0) is 30.5 Å². The van der Waals surface area contributed by atoms with E-state index < -0.39 is 0 Å². The van der Waals surface area contributed by atoms with E-state index in [9.17, 15) is 0 Å². The van der Waals surface area contributed by atoms with Gasteiger partial charge in [0.2, 0.25) is 0 Å². The third kappa shape index (κ3) is 31.6. The molecule has 0 radical (unpaired) electrons. The average Bonchev–Trinajstić information content (AvgIpc) is 0.790. The second-order valence-corrected chi connectivity index (χ2v) is 26.3. The number of hydrogen-bond acceptors (Lipinski definition) is 7. The van der Waals surface area contributed by atoms with Crippen LogP contribution < -0.4 is 33.2 Å². The Balaban J connectivity index is 1.20. The van der Waals surface area contributed by atoms with Crippen molar-refractivity contribution in [1.82, 2.24) is 0 Å². The molecule has 9 heteroatoms. The minimum absolute atomic E-state index is 0.297. The van der Waals surface area contributed by atoms with Crippen molar-refractivity contribution in [2.75, 3.05) is 26.4 Å². The van der Waals surface area contributed by atoms with E-state index in [1.807, 2.05) is 42.5 Å². The van der Waals surface area contributed by atoms with Gasteiger partial charge in [-0.2, -0.15) is 0 Å². The van der Waals surface area contributed by atoms with Crippen molar-refractivity contribution in [3.05, 3.63) is 200 Å². The summed E-state index contributed by atoms with van der Waals surface area (Å²) in [5.74, 6) is 5.33. The van der Waals surface area contributed by atoms with Gasteiger partial charge in [0.25, 0.3) is 0 Å². The lowest BCUT2D eigenvalue weighted by molar-refractivity contribution is 0.273. The minimum atomic E-state index is 0.297. The molecule has 0 fully saturated rings. The molecule has 0 spiro atoms. The maximum absolute atomic E-state index is 6.78. The molecular formula is C85H114Br2O7. The molecular weight excluding hydrogens is 1290 g/mol. The van der Waals surface area contributed by atoms with Crippen LogP contribution in [0.2, 0.25) is 0 Å². The molecule has 6 rings (SSSR count). The fraction of sp³-hybridized carbons (Fsp3) is 0.482. The van der Waals surface area contributed by atoms with Crippen LogP contribution in [0.1, 0.15) is 233 Å². The molecule has 0 N–H and O–H groups in total. The summed E-state index contributed by atoms with van der Waals surface area (Å²) >= 11 is 7.60. The van der Waals surface area contributed by atoms with Crippen LogP contribution in [0.15, 0.2) is 172 Å². The van der Waals surface area contributed by atoms with Crippen LogP contribution in [0, 0.1) is 0 Å². The maximum Gasteiger partial charge on any atom is 0.123 e. The first-order valence-corrected chi connectivity index (χ1v) is 38.3. The summed E-state index contributed by atoms with van der Waals surface area (Å²) in [5, 5.41) is 1.48. The Morgan fingerprint density at radius 2 is 0.511 bits per heavy atom. The van der Waals surface area contributed by atoms with E-state index >= 15 is 0 Å². The van der Waals surface area contributed by atoms with E-state index in [1.54, 1.807) is 0 Å². The third-order valence-corrected chi connectivity index (χ3v) is 18.4. The SMILES string of the molecule is C=CCCCCCCCCCOc1cc(COc2cc(COc3ccc(-c4c(CBr)ccc(CBr)c4-c4ccccc4)cc3)cc(OCc3cc(OCCCCCCCCCC=C)cc(OCCCCCCCCCC=C)c3)c2)cc(OCCCCCCCCCC=C)c1. The van der Waals surface area contributed by atoms with Crippen LogP contribution in [0.3, 0.4) is 0 Å². The molecule has 510 valence electrons. The van der Waals surface area contributed by atoms with Crippen LogP contribution in [0.5, 0.6) is 40.2 Å². The van der Waals surface area contributed by atoms with Gasteiger partial charge in [-0.3, -0.25) is 0 Å². The van der Waals surface area contributed by atoms with Gasteiger partial charge >= 0.3 is 0 Å². The largest absolute Gasteiger partial charge is 0.493 e. The van der Waals surface area contributed by atoms with Gasteiger partial charge in [-0.1, -0.05) is 239 Å². The normalized spacial score (nSPS) is 11.1. The highest BCUT2D eigenvalue weighted by molar-refractivity contribution is 9.08. The predicted molar refractivity (Wildman–Crippen MR) is 405 cm³/mol. The van der Waals surface area contributed by atoms with E-state index in [-0.39, 0.29) is 0 Å². The quantitative estimate of drug-likeness (QED) is 0.0214. The van der Waals surface area contributed by atoms with E-state index in [0.717, 1.165) is 139 Å². The number of unbranched alkanes of at least 4 members (excludes halogenated alkanes) is 28. The van der Waals surface area contributed by atoms with E-state index in [2.05, 4.69) is 161 Å². The van der Waals surface area contributed by atoms with Crippen molar-refractivity contribution in [1.29, 1.82) is 0 Å². The summed E-state index contributed by atoms with van der Waals surface area (Å²) in [6, 6.07) is 42.2.